The average Bonchev–Trinajstić information content (AvgIpc) is 3.06. The van der Waals surface area contributed by atoms with E-state index in [0.717, 1.165) is 48.6 Å². The normalized spacial score (nSPS) is 17.1. The number of aromatic nitrogens is 3. The molecule has 3 heterocycles. The van der Waals surface area contributed by atoms with Crippen molar-refractivity contribution < 1.29 is 4.74 Å². The van der Waals surface area contributed by atoms with Crippen molar-refractivity contribution in [3.63, 3.8) is 0 Å². The third kappa shape index (κ3) is 3.44. The third-order valence-corrected chi connectivity index (χ3v) is 4.92. The summed E-state index contributed by atoms with van der Waals surface area (Å²) in [6, 6.07) is 13.7. The van der Waals surface area contributed by atoms with E-state index in [-0.39, 0.29) is 6.04 Å². The van der Waals surface area contributed by atoms with Crippen LogP contribution in [-0.2, 0) is 6.54 Å². The van der Waals surface area contributed by atoms with Crippen LogP contribution < -0.4 is 15.4 Å². The van der Waals surface area contributed by atoms with Gasteiger partial charge in [-0.3, -0.25) is 4.57 Å². The largest absolute Gasteiger partial charge is 0.481 e. The van der Waals surface area contributed by atoms with E-state index in [1.165, 1.54) is 0 Å². The van der Waals surface area contributed by atoms with Crippen molar-refractivity contribution >= 4 is 17.1 Å². The molecule has 1 aliphatic rings. The monoisotopic (exact) mass is 362 g/mol. The first-order valence-corrected chi connectivity index (χ1v) is 9.09. The Morgan fingerprint density at radius 3 is 2.74 bits per heavy atom. The van der Waals surface area contributed by atoms with Crippen LogP contribution in [0, 0.1) is 11.3 Å². The lowest BCUT2D eigenvalue weighted by molar-refractivity contribution is 0.399. The molecular weight excluding hydrogens is 340 g/mol. The number of hydrogen-bond acceptors (Lipinski definition) is 6. The highest BCUT2D eigenvalue weighted by molar-refractivity contribution is 5.76. The van der Waals surface area contributed by atoms with Crippen molar-refractivity contribution in [3.8, 4) is 11.9 Å². The quantitative estimate of drug-likeness (QED) is 0.765. The minimum absolute atomic E-state index is 0.157. The average molecular weight is 362 g/mol. The fraction of sp³-hybridized carbons (Fsp3) is 0.350. The lowest BCUT2D eigenvalue weighted by Crippen LogP contribution is -2.44. The van der Waals surface area contributed by atoms with Crippen LogP contribution in [0.5, 0.6) is 5.88 Å². The molecule has 7 heteroatoms. The number of methoxy groups -OCH3 is 1. The summed E-state index contributed by atoms with van der Waals surface area (Å²) in [5, 5.41) is 9.02. The molecule has 0 aliphatic carbocycles. The minimum atomic E-state index is 0.157. The lowest BCUT2D eigenvalue weighted by Gasteiger charge is -2.31. The van der Waals surface area contributed by atoms with Crippen LogP contribution in [-0.4, -0.2) is 40.8 Å². The summed E-state index contributed by atoms with van der Waals surface area (Å²) in [6.07, 6.45) is 2.09. The molecule has 1 aliphatic heterocycles. The number of rotatable bonds is 4. The summed E-state index contributed by atoms with van der Waals surface area (Å²) in [7, 11) is 1.61. The highest BCUT2D eigenvalue weighted by Gasteiger charge is 2.23. The van der Waals surface area contributed by atoms with Crippen molar-refractivity contribution in [2.75, 3.05) is 25.1 Å². The maximum atomic E-state index is 9.02. The van der Waals surface area contributed by atoms with Crippen LogP contribution in [0.1, 0.15) is 24.0 Å². The number of hydrogen-bond donors (Lipinski definition) is 1. The first kappa shape index (κ1) is 17.3. The van der Waals surface area contributed by atoms with E-state index in [9.17, 15) is 0 Å². The molecule has 7 nitrogen and oxygen atoms in total. The van der Waals surface area contributed by atoms with Crippen molar-refractivity contribution in [1.29, 1.82) is 5.26 Å². The van der Waals surface area contributed by atoms with Crippen molar-refractivity contribution in [1.82, 2.24) is 14.5 Å². The van der Waals surface area contributed by atoms with Gasteiger partial charge in [0.05, 0.1) is 25.3 Å². The van der Waals surface area contributed by atoms with E-state index in [4.69, 9.17) is 20.7 Å². The van der Waals surface area contributed by atoms with Gasteiger partial charge in [0.15, 0.2) is 5.65 Å². The summed E-state index contributed by atoms with van der Waals surface area (Å²) in [5.74, 6) is 1.44. The minimum Gasteiger partial charge on any atom is -0.481 e. The predicted molar refractivity (Wildman–Crippen MR) is 104 cm³/mol. The van der Waals surface area contributed by atoms with Gasteiger partial charge >= 0.3 is 0 Å². The molecule has 1 unspecified atom stereocenters. The van der Waals surface area contributed by atoms with Gasteiger partial charge in [-0.05, 0) is 36.6 Å². The van der Waals surface area contributed by atoms with Gasteiger partial charge in [0.25, 0.3) is 0 Å². The van der Waals surface area contributed by atoms with Crippen LogP contribution in [0.3, 0.4) is 0 Å². The number of pyridine rings is 1. The summed E-state index contributed by atoms with van der Waals surface area (Å²) in [5.41, 5.74) is 9.54. The molecule has 27 heavy (non-hydrogen) atoms. The molecule has 1 saturated heterocycles. The highest BCUT2D eigenvalue weighted by Crippen LogP contribution is 2.26. The molecule has 0 amide bonds. The molecule has 4 rings (SSSR count). The number of piperidine rings is 1. The second-order valence-corrected chi connectivity index (χ2v) is 6.85. The molecule has 1 aromatic carbocycles. The van der Waals surface area contributed by atoms with Crippen molar-refractivity contribution in [2.45, 2.75) is 25.4 Å². The van der Waals surface area contributed by atoms with Gasteiger partial charge in [0.2, 0.25) is 11.8 Å². The van der Waals surface area contributed by atoms with E-state index < -0.39 is 0 Å². The molecule has 0 spiro atoms. The first-order valence-electron chi connectivity index (χ1n) is 9.09. The van der Waals surface area contributed by atoms with Gasteiger partial charge < -0.3 is 15.4 Å². The van der Waals surface area contributed by atoms with Gasteiger partial charge in [-0.25, -0.2) is 4.98 Å². The highest BCUT2D eigenvalue weighted by atomic mass is 16.5. The number of anilines is 1. The number of benzene rings is 1. The van der Waals surface area contributed by atoms with Crippen molar-refractivity contribution in [2.24, 2.45) is 5.73 Å². The molecule has 0 radical (unpaired) electrons. The molecule has 2 aromatic heterocycles. The summed E-state index contributed by atoms with van der Waals surface area (Å²) in [6.45, 7) is 2.33. The molecular formula is C20H22N6O. The van der Waals surface area contributed by atoms with Gasteiger partial charge in [0, 0.05) is 25.2 Å². The Morgan fingerprint density at radius 1 is 1.22 bits per heavy atom. The van der Waals surface area contributed by atoms with Gasteiger partial charge in [-0.2, -0.15) is 10.2 Å². The second-order valence-electron chi connectivity index (χ2n) is 6.85. The number of imidazole rings is 1. The Balaban J connectivity index is 1.78. The Labute approximate surface area is 158 Å². The molecule has 138 valence electrons. The van der Waals surface area contributed by atoms with Crippen LogP contribution >= 0.6 is 0 Å². The second kappa shape index (κ2) is 7.25. The van der Waals surface area contributed by atoms with Crippen LogP contribution in [0.4, 0.5) is 5.95 Å². The zero-order valence-corrected chi connectivity index (χ0v) is 15.3. The molecule has 1 atom stereocenters. The van der Waals surface area contributed by atoms with Crippen LogP contribution in [0.25, 0.3) is 11.2 Å². The van der Waals surface area contributed by atoms with E-state index >= 15 is 0 Å². The smallest absolute Gasteiger partial charge is 0.215 e. The van der Waals surface area contributed by atoms with Crippen LogP contribution in [0.2, 0.25) is 0 Å². The summed E-state index contributed by atoms with van der Waals surface area (Å²) >= 11 is 0. The SMILES string of the molecule is COc1ccc2nc(N3CCCC(N)C3)n(Cc3ccc(C#N)cc3)c2n1. The zero-order valence-electron chi connectivity index (χ0n) is 15.3. The maximum Gasteiger partial charge on any atom is 0.215 e. The van der Waals surface area contributed by atoms with Crippen LogP contribution in [0.15, 0.2) is 36.4 Å². The number of fused-ring (bicyclic) bond motifs is 1. The zero-order chi connectivity index (χ0) is 18.8. The Morgan fingerprint density at radius 2 is 2.04 bits per heavy atom. The van der Waals surface area contributed by atoms with E-state index in [2.05, 4.69) is 20.5 Å². The molecule has 3 aromatic rings. The summed E-state index contributed by atoms with van der Waals surface area (Å²) in [4.78, 5) is 11.7. The fourth-order valence-corrected chi connectivity index (χ4v) is 3.53. The number of nitrogens with zero attached hydrogens (tertiary/aromatic N) is 5. The molecule has 0 saturated carbocycles. The first-order chi connectivity index (χ1) is 13.2. The topological polar surface area (TPSA) is 93.0 Å². The van der Waals surface area contributed by atoms with Crippen molar-refractivity contribution in [3.05, 3.63) is 47.5 Å². The number of ether oxygens (including phenoxy) is 1. The van der Waals surface area contributed by atoms with Gasteiger partial charge in [-0.15, -0.1) is 0 Å². The third-order valence-electron chi connectivity index (χ3n) is 4.92. The standard InChI is InChI=1S/C20H22N6O/c1-27-18-9-8-17-19(24-18)26(12-15-6-4-14(11-21)5-7-15)20(23-17)25-10-2-3-16(22)13-25/h4-9,16H,2-3,10,12-13,22H2,1H3. The molecule has 2 N–H and O–H groups in total. The number of nitriles is 1. The fourth-order valence-electron chi connectivity index (χ4n) is 3.53. The van der Waals surface area contributed by atoms with E-state index in [1.54, 1.807) is 7.11 Å². The molecule has 1 fully saturated rings. The Hall–Kier alpha value is -3.11. The van der Waals surface area contributed by atoms with E-state index in [1.807, 2.05) is 36.4 Å². The van der Waals surface area contributed by atoms with E-state index in [0.29, 0.717) is 18.0 Å². The van der Waals surface area contributed by atoms with Gasteiger partial charge in [0.1, 0.15) is 5.52 Å². The summed E-state index contributed by atoms with van der Waals surface area (Å²) < 4.78 is 7.42. The maximum absolute atomic E-state index is 9.02. The Kier molecular flexibility index (Phi) is 4.65. The molecule has 0 bridgehead atoms. The number of nitrogens with two attached hydrogens (primary N) is 1. The van der Waals surface area contributed by atoms with Gasteiger partial charge in [-0.1, -0.05) is 12.1 Å². The lowest BCUT2D eigenvalue weighted by atomic mass is 10.1. The predicted octanol–water partition coefficient (Wildman–Crippen LogP) is 2.29. The Bertz CT molecular complexity index is 988.